The van der Waals surface area contributed by atoms with E-state index >= 15 is 0 Å². The van der Waals surface area contributed by atoms with Gasteiger partial charge in [0.1, 0.15) is 29.8 Å². The van der Waals surface area contributed by atoms with Crippen molar-refractivity contribution in [1.82, 2.24) is 15.2 Å². The second kappa shape index (κ2) is 10.7. The molecule has 5 rings (SSSR count). The van der Waals surface area contributed by atoms with Gasteiger partial charge in [-0.2, -0.15) is 0 Å². The third-order valence-corrected chi connectivity index (χ3v) is 5.52. The fourth-order valence-corrected chi connectivity index (χ4v) is 3.74. The van der Waals surface area contributed by atoms with E-state index in [0.29, 0.717) is 41.2 Å². The topological polar surface area (TPSA) is 104 Å². The highest BCUT2D eigenvalue weighted by molar-refractivity contribution is 5.74. The van der Waals surface area contributed by atoms with Crippen molar-refractivity contribution in [2.24, 2.45) is 0 Å². The van der Waals surface area contributed by atoms with Crippen LogP contribution >= 0.6 is 0 Å². The molecule has 1 aliphatic carbocycles. The van der Waals surface area contributed by atoms with Crippen molar-refractivity contribution in [3.8, 4) is 23.0 Å². The molecule has 0 spiro atoms. The van der Waals surface area contributed by atoms with Crippen molar-refractivity contribution in [3.05, 3.63) is 85.0 Å². The average molecular weight is 488 g/mol. The monoisotopic (exact) mass is 487 g/mol. The van der Waals surface area contributed by atoms with Crippen molar-refractivity contribution in [2.45, 2.75) is 12.8 Å². The van der Waals surface area contributed by atoms with Gasteiger partial charge in [0.25, 0.3) is 5.89 Å². The second-order valence-corrected chi connectivity index (χ2v) is 7.88. The summed E-state index contributed by atoms with van der Waals surface area (Å²) in [5.41, 5.74) is 2.56. The third kappa shape index (κ3) is 5.17. The predicted molar refractivity (Wildman–Crippen MR) is 134 cm³/mol. The normalized spacial score (nSPS) is 14.3. The first-order chi connectivity index (χ1) is 17.7. The molecular weight excluding hydrogens is 462 g/mol. The number of methoxy groups -OCH3 is 2. The van der Waals surface area contributed by atoms with Gasteiger partial charge in [0, 0.05) is 30.1 Å². The second-order valence-electron chi connectivity index (χ2n) is 7.88. The van der Waals surface area contributed by atoms with E-state index in [9.17, 15) is 0 Å². The number of benzene rings is 1. The number of hydrogen-bond acceptors (Lipinski definition) is 10. The van der Waals surface area contributed by atoms with Gasteiger partial charge in [-0.1, -0.05) is 23.3 Å². The van der Waals surface area contributed by atoms with Gasteiger partial charge in [-0.25, -0.2) is 4.98 Å². The highest BCUT2D eigenvalue weighted by Crippen LogP contribution is 2.33. The summed E-state index contributed by atoms with van der Waals surface area (Å²) in [6, 6.07) is 9.40. The van der Waals surface area contributed by atoms with Crippen LogP contribution in [-0.4, -0.2) is 35.9 Å². The third-order valence-electron chi connectivity index (χ3n) is 5.52. The van der Waals surface area contributed by atoms with Gasteiger partial charge in [0.05, 0.1) is 26.3 Å². The standard InChI is InChI=1S/C26H25N5O5/c1-32-20-13-19(14-21(15-20)33-2)28-24-22(9-6-10-27-24)25-29-30-26(36-25)31(23-17-34-11-12-35-23)16-18-7-4-3-5-8-18/h3-4,6-7,9-15,17H,5,8,16H2,1-2H3,(H,27,28). The summed E-state index contributed by atoms with van der Waals surface area (Å²) in [7, 11) is 3.20. The van der Waals surface area contributed by atoms with Crippen molar-refractivity contribution in [3.63, 3.8) is 0 Å². The lowest BCUT2D eigenvalue weighted by atomic mass is 10.1. The maximum Gasteiger partial charge on any atom is 0.325 e. The number of rotatable bonds is 9. The van der Waals surface area contributed by atoms with E-state index in [1.807, 2.05) is 24.3 Å². The molecule has 0 unspecified atom stereocenters. The number of pyridine rings is 1. The summed E-state index contributed by atoms with van der Waals surface area (Å²) >= 11 is 0. The van der Waals surface area contributed by atoms with Crippen LogP contribution in [0.1, 0.15) is 12.8 Å². The van der Waals surface area contributed by atoms with Crippen LogP contribution in [0.2, 0.25) is 0 Å². The Kier molecular flexibility index (Phi) is 6.83. The Bertz CT molecular complexity index is 1320. The summed E-state index contributed by atoms with van der Waals surface area (Å²) < 4.78 is 27.8. The quantitative estimate of drug-likeness (QED) is 0.428. The molecular formula is C26H25N5O5. The Hall–Kier alpha value is -4.73. The molecule has 0 fully saturated rings. The molecule has 184 valence electrons. The summed E-state index contributed by atoms with van der Waals surface area (Å²) in [4.78, 5) is 6.26. The number of nitrogens with one attached hydrogen (secondary N) is 1. The molecule has 3 heterocycles. The van der Waals surface area contributed by atoms with Crippen molar-refractivity contribution in [2.75, 3.05) is 31.0 Å². The Morgan fingerprint density at radius 3 is 2.67 bits per heavy atom. The predicted octanol–water partition coefficient (Wildman–Crippen LogP) is 5.29. The molecule has 3 aromatic rings. The van der Waals surface area contributed by atoms with Gasteiger partial charge in [-0.05, 0) is 30.5 Å². The van der Waals surface area contributed by atoms with E-state index in [0.717, 1.165) is 18.5 Å². The van der Waals surface area contributed by atoms with Gasteiger partial charge < -0.3 is 28.7 Å². The van der Waals surface area contributed by atoms with Crippen LogP contribution < -0.4 is 19.7 Å². The average Bonchev–Trinajstić information content (AvgIpc) is 3.42. The van der Waals surface area contributed by atoms with Crippen LogP contribution in [-0.2, 0) is 9.47 Å². The molecule has 0 bridgehead atoms. The van der Waals surface area contributed by atoms with E-state index in [1.165, 1.54) is 24.4 Å². The van der Waals surface area contributed by atoms with Crippen molar-refractivity contribution >= 4 is 17.5 Å². The molecule has 0 atom stereocenters. The molecule has 0 amide bonds. The maximum atomic E-state index is 6.12. The molecule has 1 N–H and O–H groups in total. The van der Waals surface area contributed by atoms with Gasteiger partial charge in [-0.15, -0.1) is 5.10 Å². The summed E-state index contributed by atoms with van der Waals surface area (Å²) in [5, 5.41) is 11.9. The molecule has 2 aromatic heterocycles. The van der Waals surface area contributed by atoms with Crippen LogP contribution in [0.25, 0.3) is 11.5 Å². The van der Waals surface area contributed by atoms with E-state index in [1.54, 1.807) is 37.4 Å². The van der Waals surface area contributed by atoms with E-state index in [4.69, 9.17) is 23.4 Å². The number of hydrogen-bond donors (Lipinski definition) is 1. The highest BCUT2D eigenvalue weighted by atomic mass is 16.5. The van der Waals surface area contributed by atoms with Gasteiger partial charge in [0.15, 0.2) is 6.26 Å². The molecule has 0 radical (unpaired) electrons. The van der Waals surface area contributed by atoms with E-state index < -0.39 is 0 Å². The summed E-state index contributed by atoms with van der Waals surface area (Å²) in [5.74, 6) is 2.57. The van der Waals surface area contributed by atoms with Crippen LogP contribution in [0.3, 0.4) is 0 Å². The van der Waals surface area contributed by atoms with E-state index in [2.05, 4.69) is 32.7 Å². The molecule has 10 heteroatoms. The fraction of sp³-hybridized carbons (Fsp3) is 0.192. The van der Waals surface area contributed by atoms with Gasteiger partial charge in [-0.3, -0.25) is 4.90 Å². The molecule has 0 saturated carbocycles. The summed E-state index contributed by atoms with van der Waals surface area (Å²) in [6.45, 7) is 0.511. The molecule has 1 aromatic carbocycles. The largest absolute Gasteiger partial charge is 0.497 e. The number of ether oxygens (including phenoxy) is 4. The fourth-order valence-electron chi connectivity index (χ4n) is 3.74. The Morgan fingerprint density at radius 2 is 1.94 bits per heavy atom. The van der Waals surface area contributed by atoms with Crippen LogP contribution in [0.4, 0.5) is 17.5 Å². The van der Waals surface area contributed by atoms with Crippen LogP contribution in [0.5, 0.6) is 11.5 Å². The molecule has 2 aliphatic rings. The maximum absolute atomic E-state index is 6.12. The zero-order chi connectivity index (χ0) is 24.7. The Morgan fingerprint density at radius 1 is 1.08 bits per heavy atom. The molecule has 0 saturated heterocycles. The number of anilines is 3. The summed E-state index contributed by atoms with van der Waals surface area (Å²) in [6.07, 6.45) is 14.3. The molecule has 36 heavy (non-hydrogen) atoms. The lowest BCUT2D eigenvalue weighted by Gasteiger charge is -2.24. The first kappa shape index (κ1) is 23.0. The SMILES string of the molecule is COc1cc(Nc2ncccc2-c2nnc(N(CC3=CC=CCC3)C3=COC=CO3)o2)cc(OC)c1. The zero-order valence-corrected chi connectivity index (χ0v) is 19.9. The molecule has 1 aliphatic heterocycles. The highest BCUT2D eigenvalue weighted by Gasteiger charge is 2.24. The number of nitrogens with zero attached hydrogens (tertiary/aromatic N) is 4. The Balaban J connectivity index is 1.45. The van der Waals surface area contributed by atoms with Gasteiger partial charge >= 0.3 is 6.01 Å². The lowest BCUT2D eigenvalue weighted by Crippen LogP contribution is -2.27. The zero-order valence-electron chi connectivity index (χ0n) is 19.9. The van der Waals surface area contributed by atoms with E-state index in [-0.39, 0.29) is 6.01 Å². The minimum absolute atomic E-state index is 0.267. The first-order valence-electron chi connectivity index (χ1n) is 11.3. The minimum Gasteiger partial charge on any atom is -0.497 e. The smallest absolute Gasteiger partial charge is 0.325 e. The van der Waals surface area contributed by atoms with Crippen molar-refractivity contribution < 1.29 is 23.4 Å². The number of allylic oxidation sites excluding steroid dienone is 3. The van der Waals surface area contributed by atoms with Crippen molar-refractivity contribution in [1.29, 1.82) is 0 Å². The lowest BCUT2D eigenvalue weighted by molar-refractivity contribution is 0.245. The van der Waals surface area contributed by atoms with Crippen LogP contribution in [0, 0.1) is 0 Å². The minimum atomic E-state index is 0.267. The first-order valence-corrected chi connectivity index (χ1v) is 11.3. The Labute approximate surface area is 208 Å². The molecule has 10 nitrogen and oxygen atoms in total. The van der Waals surface area contributed by atoms with Crippen LogP contribution in [0.15, 0.2) is 89.4 Å². The van der Waals surface area contributed by atoms with Gasteiger partial charge in [0.2, 0.25) is 5.88 Å². The number of aromatic nitrogens is 3.